The molecule has 0 bridgehead atoms. The van der Waals surface area contributed by atoms with Crippen LogP contribution in [0.2, 0.25) is 10.0 Å². The molecule has 0 spiro atoms. The lowest BCUT2D eigenvalue weighted by Gasteiger charge is -2.07. The van der Waals surface area contributed by atoms with Crippen molar-refractivity contribution in [3.8, 4) is 0 Å². The van der Waals surface area contributed by atoms with E-state index in [1.54, 1.807) is 18.2 Å². The molecule has 0 atom stereocenters. The topological polar surface area (TPSA) is 52.3 Å². The second-order valence-corrected chi connectivity index (χ2v) is 5.40. The van der Waals surface area contributed by atoms with Crippen LogP contribution in [0.3, 0.4) is 0 Å². The van der Waals surface area contributed by atoms with Gasteiger partial charge < -0.3 is 10.5 Å². The first-order chi connectivity index (χ1) is 10.1. The van der Waals surface area contributed by atoms with Crippen LogP contribution in [-0.4, -0.2) is 5.97 Å². The summed E-state index contributed by atoms with van der Waals surface area (Å²) in [6.07, 6.45) is 0.921. The molecule has 0 radical (unpaired) electrons. The van der Waals surface area contributed by atoms with E-state index >= 15 is 0 Å². The SMILES string of the molecule is Nc1ccc(CCC(=O)OCc2cccc(Cl)c2Cl)cc1. The molecule has 0 heterocycles. The molecule has 2 rings (SSSR count). The van der Waals surface area contributed by atoms with Crippen molar-refractivity contribution in [1.82, 2.24) is 0 Å². The summed E-state index contributed by atoms with van der Waals surface area (Å²) in [5.74, 6) is -0.275. The quantitative estimate of drug-likeness (QED) is 0.661. The first kappa shape index (κ1) is 15.7. The number of hydrogen-bond donors (Lipinski definition) is 1. The van der Waals surface area contributed by atoms with Crippen LogP contribution in [0.5, 0.6) is 0 Å². The third-order valence-electron chi connectivity index (χ3n) is 3.02. The highest BCUT2D eigenvalue weighted by Crippen LogP contribution is 2.26. The minimum absolute atomic E-state index is 0.125. The number of carbonyl (C=O) groups is 1. The van der Waals surface area contributed by atoms with Crippen molar-refractivity contribution >= 4 is 34.9 Å². The maximum absolute atomic E-state index is 11.7. The van der Waals surface area contributed by atoms with Crippen LogP contribution in [0.4, 0.5) is 5.69 Å². The van der Waals surface area contributed by atoms with Gasteiger partial charge in [-0.15, -0.1) is 0 Å². The van der Waals surface area contributed by atoms with Crippen molar-refractivity contribution in [2.24, 2.45) is 0 Å². The standard InChI is InChI=1S/C16H15Cl2NO2/c17-14-3-1-2-12(16(14)18)10-21-15(20)9-6-11-4-7-13(19)8-5-11/h1-5,7-8H,6,9-10,19H2. The number of anilines is 1. The van der Waals surface area contributed by atoms with E-state index in [1.807, 2.05) is 24.3 Å². The van der Waals surface area contributed by atoms with Gasteiger partial charge in [-0.1, -0.05) is 47.5 Å². The Morgan fingerprint density at radius 3 is 2.52 bits per heavy atom. The summed E-state index contributed by atoms with van der Waals surface area (Å²) in [7, 11) is 0. The maximum Gasteiger partial charge on any atom is 0.306 e. The lowest BCUT2D eigenvalue weighted by molar-refractivity contribution is -0.144. The van der Waals surface area contributed by atoms with Gasteiger partial charge in [-0.05, 0) is 30.2 Å². The summed E-state index contributed by atoms with van der Waals surface area (Å²) < 4.78 is 5.20. The van der Waals surface area contributed by atoms with Crippen LogP contribution in [-0.2, 0) is 22.6 Å². The Kier molecular flexibility index (Phi) is 5.48. The Hall–Kier alpha value is -1.71. The van der Waals surface area contributed by atoms with Gasteiger partial charge in [-0.3, -0.25) is 4.79 Å². The van der Waals surface area contributed by atoms with Crippen molar-refractivity contribution in [2.45, 2.75) is 19.4 Å². The first-order valence-corrected chi connectivity index (χ1v) is 7.25. The highest BCUT2D eigenvalue weighted by Gasteiger charge is 2.08. The fourth-order valence-corrected chi connectivity index (χ4v) is 2.20. The number of nitrogens with two attached hydrogens (primary N) is 1. The molecule has 0 aliphatic carbocycles. The number of ether oxygens (including phenoxy) is 1. The number of hydrogen-bond acceptors (Lipinski definition) is 3. The van der Waals surface area contributed by atoms with Crippen molar-refractivity contribution < 1.29 is 9.53 Å². The Morgan fingerprint density at radius 2 is 1.81 bits per heavy atom. The Bertz CT molecular complexity index is 627. The molecule has 5 heteroatoms. The molecule has 2 aromatic carbocycles. The summed E-state index contributed by atoms with van der Waals surface area (Å²) in [4.78, 5) is 11.7. The van der Waals surface area contributed by atoms with Crippen LogP contribution in [0.25, 0.3) is 0 Å². The summed E-state index contributed by atoms with van der Waals surface area (Å²) in [5.41, 5.74) is 8.05. The second kappa shape index (κ2) is 7.34. The molecule has 2 N–H and O–H groups in total. The molecule has 2 aromatic rings. The number of halogens is 2. The van der Waals surface area contributed by atoms with Gasteiger partial charge in [0.1, 0.15) is 6.61 Å². The summed E-state index contributed by atoms with van der Waals surface area (Å²) >= 11 is 11.9. The number of carbonyl (C=O) groups excluding carboxylic acids is 1. The van der Waals surface area contributed by atoms with Gasteiger partial charge in [0.2, 0.25) is 0 Å². The number of benzene rings is 2. The molecule has 0 amide bonds. The molecule has 0 fully saturated rings. The molecule has 0 saturated carbocycles. The third-order valence-corrected chi connectivity index (χ3v) is 3.88. The largest absolute Gasteiger partial charge is 0.461 e. The van der Waals surface area contributed by atoms with E-state index in [0.717, 1.165) is 5.56 Å². The van der Waals surface area contributed by atoms with Crippen molar-refractivity contribution in [2.75, 3.05) is 5.73 Å². The highest BCUT2D eigenvalue weighted by atomic mass is 35.5. The zero-order chi connectivity index (χ0) is 15.2. The van der Waals surface area contributed by atoms with Gasteiger partial charge in [0.05, 0.1) is 10.0 Å². The minimum atomic E-state index is -0.275. The van der Waals surface area contributed by atoms with Crippen LogP contribution < -0.4 is 5.73 Å². The van der Waals surface area contributed by atoms with E-state index in [4.69, 9.17) is 33.7 Å². The average molecular weight is 324 g/mol. The van der Waals surface area contributed by atoms with Crippen LogP contribution in [0.1, 0.15) is 17.5 Å². The lowest BCUT2D eigenvalue weighted by Crippen LogP contribution is -2.06. The van der Waals surface area contributed by atoms with Gasteiger partial charge in [0.15, 0.2) is 0 Å². The Morgan fingerprint density at radius 1 is 1.10 bits per heavy atom. The smallest absolute Gasteiger partial charge is 0.306 e. The average Bonchev–Trinajstić information content (AvgIpc) is 2.48. The minimum Gasteiger partial charge on any atom is -0.461 e. The van der Waals surface area contributed by atoms with E-state index in [1.165, 1.54) is 0 Å². The normalized spacial score (nSPS) is 10.4. The predicted molar refractivity (Wildman–Crippen MR) is 85.4 cm³/mol. The number of rotatable bonds is 5. The third kappa shape index (κ3) is 4.66. The zero-order valence-corrected chi connectivity index (χ0v) is 12.8. The molecule has 0 aliphatic rings. The number of esters is 1. The molecule has 3 nitrogen and oxygen atoms in total. The van der Waals surface area contributed by atoms with E-state index in [-0.39, 0.29) is 12.6 Å². The zero-order valence-electron chi connectivity index (χ0n) is 11.3. The van der Waals surface area contributed by atoms with Gasteiger partial charge in [-0.25, -0.2) is 0 Å². The van der Waals surface area contributed by atoms with Crippen molar-refractivity contribution in [3.05, 3.63) is 63.6 Å². The van der Waals surface area contributed by atoms with Gasteiger partial charge in [-0.2, -0.15) is 0 Å². The van der Waals surface area contributed by atoms with E-state index in [0.29, 0.717) is 34.1 Å². The molecular formula is C16H15Cl2NO2. The van der Waals surface area contributed by atoms with Crippen LogP contribution in [0, 0.1) is 0 Å². The predicted octanol–water partition coefficient (Wildman–Crippen LogP) is 4.25. The second-order valence-electron chi connectivity index (χ2n) is 4.62. The first-order valence-electron chi connectivity index (χ1n) is 6.49. The number of nitrogen functional groups attached to an aromatic ring is 1. The highest BCUT2D eigenvalue weighted by molar-refractivity contribution is 6.42. The lowest BCUT2D eigenvalue weighted by atomic mass is 10.1. The van der Waals surface area contributed by atoms with Crippen molar-refractivity contribution in [3.63, 3.8) is 0 Å². The van der Waals surface area contributed by atoms with E-state index in [2.05, 4.69) is 0 Å². The van der Waals surface area contributed by atoms with E-state index in [9.17, 15) is 4.79 Å². The van der Waals surface area contributed by atoms with Crippen molar-refractivity contribution in [1.29, 1.82) is 0 Å². The van der Waals surface area contributed by atoms with E-state index < -0.39 is 0 Å². The Balaban J connectivity index is 1.82. The van der Waals surface area contributed by atoms with Gasteiger partial charge in [0, 0.05) is 17.7 Å². The monoisotopic (exact) mass is 323 g/mol. The van der Waals surface area contributed by atoms with Gasteiger partial charge >= 0.3 is 5.97 Å². The summed E-state index contributed by atoms with van der Waals surface area (Å²) in [6.45, 7) is 0.125. The molecule has 0 unspecified atom stereocenters. The van der Waals surface area contributed by atoms with Crippen LogP contribution >= 0.6 is 23.2 Å². The fraction of sp³-hybridized carbons (Fsp3) is 0.188. The molecule has 0 saturated heterocycles. The summed E-state index contributed by atoms with van der Waals surface area (Å²) in [6, 6.07) is 12.7. The molecular weight excluding hydrogens is 309 g/mol. The molecule has 0 aliphatic heterocycles. The Labute approximate surface area is 133 Å². The molecule has 21 heavy (non-hydrogen) atoms. The summed E-state index contributed by atoms with van der Waals surface area (Å²) in [5, 5.41) is 0.873. The van der Waals surface area contributed by atoms with Crippen LogP contribution in [0.15, 0.2) is 42.5 Å². The molecule has 0 aromatic heterocycles. The number of aryl methyl sites for hydroxylation is 1. The molecule has 110 valence electrons. The van der Waals surface area contributed by atoms with Gasteiger partial charge in [0.25, 0.3) is 0 Å². The maximum atomic E-state index is 11.7. The fourth-order valence-electron chi connectivity index (χ4n) is 1.82.